The van der Waals surface area contributed by atoms with Gasteiger partial charge < -0.3 is 14.8 Å². The Bertz CT molecular complexity index is 748. The van der Waals surface area contributed by atoms with E-state index in [0.29, 0.717) is 16.8 Å². The highest BCUT2D eigenvalue weighted by Gasteiger charge is 2.33. The third-order valence-electron chi connectivity index (χ3n) is 3.80. The van der Waals surface area contributed by atoms with Crippen molar-refractivity contribution >= 4 is 5.97 Å². The number of aromatic nitrogens is 1. The highest BCUT2D eigenvalue weighted by Crippen LogP contribution is 2.32. The Kier molecular flexibility index (Phi) is 5.03. The highest BCUT2D eigenvalue weighted by atomic mass is 19.4. The maximum Gasteiger partial charge on any atom is 0.416 e. The summed E-state index contributed by atoms with van der Waals surface area (Å²) in [5.41, 5.74) is 0.907. The number of aliphatic hydroxyl groups excluding tert-OH is 1. The monoisotopic (exact) mass is 341 g/mol. The van der Waals surface area contributed by atoms with Crippen LogP contribution in [0.15, 0.2) is 24.3 Å². The number of hydrogen-bond donors (Lipinski definition) is 2. The van der Waals surface area contributed by atoms with Gasteiger partial charge in [-0.3, -0.25) is 0 Å². The minimum atomic E-state index is -4.51. The molecule has 1 atom stereocenters. The number of aromatic amines is 1. The molecule has 0 unspecified atom stereocenters. The molecule has 0 aliphatic carbocycles. The van der Waals surface area contributed by atoms with Gasteiger partial charge in [-0.2, -0.15) is 13.2 Å². The molecule has 0 saturated heterocycles. The fourth-order valence-electron chi connectivity index (χ4n) is 2.73. The third kappa shape index (κ3) is 3.62. The second-order valence-corrected chi connectivity index (χ2v) is 5.57. The van der Waals surface area contributed by atoms with Crippen molar-refractivity contribution in [3.63, 3.8) is 0 Å². The number of benzene rings is 1. The predicted molar refractivity (Wildman–Crippen MR) is 81.5 cm³/mol. The number of rotatable bonds is 4. The molecule has 0 aliphatic heterocycles. The summed E-state index contributed by atoms with van der Waals surface area (Å²) >= 11 is 0. The average Bonchev–Trinajstić information content (AvgIpc) is 2.79. The van der Waals surface area contributed by atoms with Crippen LogP contribution in [-0.2, 0) is 17.5 Å². The van der Waals surface area contributed by atoms with E-state index in [0.717, 1.165) is 6.07 Å². The van der Waals surface area contributed by atoms with Crippen molar-refractivity contribution in [3.05, 3.63) is 57.9 Å². The number of carbonyl (C=O) groups excluding carboxylic acids is 1. The Labute approximate surface area is 137 Å². The standard InChI is InChI=1S/C17H18F3NO3/c1-9-14(11(3)22)10(2)21-15(9)16(23)24-8-12-6-4-5-7-13(12)17(18,19)20/h4-7,11,21-22H,8H2,1-3H3/t11-/m1/s1. The SMILES string of the molecule is Cc1[nH]c(C(=O)OCc2ccccc2C(F)(F)F)c(C)c1[C@@H](C)O. The Hall–Kier alpha value is -2.28. The first-order valence-electron chi connectivity index (χ1n) is 7.32. The van der Waals surface area contributed by atoms with Crippen molar-refractivity contribution in [2.24, 2.45) is 0 Å². The molecule has 1 heterocycles. The van der Waals surface area contributed by atoms with E-state index >= 15 is 0 Å². The summed E-state index contributed by atoms with van der Waals surface area (Å²) in [6, 6.07) is 4.94. The zero-order chi connectivity index (χ0) is 18.1. The number of alkyl halides is 3. The van der Waals surface area contributed by atoms with Crippen LogP contribution in [0.4, 0.5) is 13.2 Å². The van der Waals surface area contributed by atoms with Crippen LogP contribution >= 0.6 is 0 Å². The number of aliphatic hydroxyl groups is 1. The van der Waals surface area contributed by atoms with Gasteiger partial charge in [-0.1, -0.05) is 18.2 Å². The first kappa shape index (κ1) is 18.1. The van der Waals surface area contributed by atoms with Crippen LogP contribution in [0.1, 0.15) is 51.5 Å². The van der Waals surface area contributed by atoms with E-state index in [1.807, 2.05) is 0 Å². The van der Waals surface area contributed by atoms with Crippen molar-refractivity contribution < 1.29 is 27.8 Å². The minimum absolute atomic E-state index is 0.116. The fourth-order valence-corrected chi connectivity index (χ4v) is 2.73. The maximum absolute atomic E-state index is 12.9. The van der Waals surface area contributed by atoms with E-state index < -0.39 is 30.4 Å². The van der Waals surface area contributed by atoms with E-state index in [4.69, 9.17) is 4.74 Å². The van der Waals surface area contributed by atoms with Crippen LogP contribution in [0, 0.1) is 13.8 Å². The molecule has 2 N–H and O–H groups in total. The molecule has 0 amide bonds. The van der Waals surface area contributed by atoms with Crippen LogP contribution in [0.3, 0.4) is 0 Å². The molecule has 1 aromatic carbocycles. The Morgan fingerprint density at radius 3 is 2.46 bits per heavy atom. The van der Waals surface area contributed by atoms with Crippen molar-refractivity contribution in [1.82, 2.24) is 4.98 Å². The zero-order valence-corrected chi connectivity index (χ0v) is 13.5. The second kappa shape index (κ2) is 6.68. The molecule has 0 saturated carbocycles. The molecule has 1 aromatic heterocycles. The first-order valence-corrected chi connectivity index (χ1v) is 7.32. The van der Waals surface area contributed by atoms with E-state index in [9.17, 15) is 23.1 Å². The van der Waals surface area contributed by atoms with Crippen molar-refractivity contribution in [2.75, 3.05) is 0 Å². The van der Waals surface area contributed by atoms with E-state index in [-0.39, 0.29) is 11.3 Å². The molecule has 2 aromatic rings. The number of nitrogens with one attached hydrogen (secondary N) is 1. The van der Waals surface area contributed by atoms with Gasteiger partial charge in [-0.05, 0) is 32.4 Å². The topological polar surface area (TPSA) is 62.3 Å². The van der Waals surface area contributed by atoms with Crippen molar-refractivity contribution in [1.29, 1.82) is 0 Å². The minimum Gasteiger partial charge on any atom is -0.456 e. The molecule has 0 spiro atoms. The number of carbonyl (C=O) groups is 1. The van der Waals surface area contributed by atoms with Crippen LogP contribution in [0.25, 0.3) is 0 Å². The fraction of sp³-hybridized carbons (Fsp3) is 0.353. The van der Waals surface area contributed by atoms with Gasteiger partial charge in [-0.25, -0.2) is 4.79 Å². The summed E-state index contributed by atoms with van der Waals surface area (Å²) < 4.78 is 43.8. The van der Waals surface area contributed by atoms with Crippen LogP contribution in [0.5, 0.6) is 0 Å². The largest absolute Gasteiger partial charge is 0.456 e. The molecule has 0 aliphatic rings. The van der Waals surface area contributed by atoms with Gasteiger partial charge in [0, 0.05) is 16.8 Å². The lowest BCUT2D eigenvalue weighted by molar-refractivity contribution is -0.138. The van der Waals surface area contributed by atoms with E-state index in [2.05, 4.69) is 4.98 Å². The quantitative estimate of drug-likeness (QED) is 0.825. The van der Waals surface area contributed by atoms with Crippen molar-refractivity contribution in [2.45, 2.75) is 39.7 Å². The molecule has 0 fully saturated rings. The molecule has 4 nitrogen and oxygen atoms in total. The lowest BCUT2D eigenvalue weighted by Gasteiger charge is -2.12. The third-order valence-corrected chi connectivity index (χ3v) is 3.80. The number of H-pyrrole nitrogens is 1. The summed E-state index contributed by atoms with van der Waals surface area (Å²) in [4.78, 5) is 15.0. The normalized spacial score (nSPS) is 13.0. The van der Waals surface area contributed by atoms with E-state index in [1.165, 1.54) is 18.2 Å². The van der Waals surface area contributed by atoms with Gasteiger partial charge in [-0.15, -0.1) is 0 Å². The molecule has 2 rings (SSSR count). The Morgan fingerprint density at radius 1 is 1.29 bits per heavy atom. The summed E-state index contributed by atoms with van der Waals surface area (Å²) in [5.74, 6) is -0.764. The lowest BCUT2D eigenvalue weighted by atomic mass is 10.1. The Morgan fingerprint density at radius 2 is 1.92 bits per heavy atom. The molecule has 0 radical (unpaired) electrons. The van der Waals surface area contributed by atoms with Crippen LogP contribution < -0.4 is 0 Å². The summed E-state index contributed by atoms with van der Waals surface area (Å²) in [5, 5.41) is 9.72. The molecule has 130 valence electrons. The number of aryl methyl sites for hydroxylation is 1. The maximum atomic E-state index is 12.9. The summed E-state index contributed by atoms with van der Waals surface area (Å²) in [6.07, 6.45) is -5.28. The molecular weight excluding hydrogens is 323 g/mol. The summed E-state index contributed by atoms with van der Waals surface area (Å²) in [7, 11) is 0. The highest BCUT2D eigenvalue weighted by molar-refractivity contribution is 5.89. The molecule has 0 bridgehead atoms. The first-order chi connectivity index (χ1) is 11.1. The lowest BCUT2D eigenvalue weighted by Crippen LogP contribution is -2.12. The molecule has 7 heteroatoms. The molecular formula is C17H18F3NO3. The molecule has 24 heavy (non-hydrogen) atoms. The van der Waals surface area contributed by atoms with Gasteiger partial charge in [0.1, 0.15) is 12.3 Å². The number of hydrogen-bond acceptors (Lipinski definition) is 3. The Balaban J connectivity index is 2.20. The van der Waals surface area contributed by atoms with Crippen LogP contribution in [0.2, 0.25) is 0 Å². The zero-order valence-electron chi connectivity index (χ0n) is 13.5. The van der Waals surface area contributed by atoms with Crippen molar-refractivity contribution in [3.8, 4) is 0 Å². The van der Waals surface area contributed by atoms with E-state index in [1.54, 1.807) is 20.8 Å². The smallest absolute Gasteiger partial charge is 0.416 e. The van der Waals surface area contributed by atoms with Gasteiger partial charge in [0.05, 0.1) is 11.7 Å². The van der Waals surface area contributed by atoms with Gasteiger partial charge >= 0.3 is 12.1 Å². The average molecular weight is 341 g/mol. The second-order valence-electron chi connectivity index (χ2n) is 5.57. The number of halogens is 3. The predicted octanol–water partition coefficient (Wildman–Crippen LogP) is 4.06. The van der Waals surface area contributed by atoms with Gasteiger partial charge in [0.15, 0.2) is 0 Å². The summed E-state index contributed by atoms with van der Waals surface area (Å²) in [6.45, 7) is 4.42. The van der Waals surface area contributed by atoms with Gasteiger partial charge in [0.25, 0.3) is 0 Å². The van der Waals surface area contributed by atoms with Crippen LogP contribution in [-0.4, -0.2) is 16.1 Å². The number of ether oxygens (including phenoxy) is 1. The number of esters is 1. The van der Waals surface area contributed by atoms with Gasteiger partial charge in [0.2, 0.25) is 0 Å².